The highest BCUT2D eigenvalue weighted by Gasteiger charge is 2.23. The molecule has 5 nitrogen and oxygen atoms in total. The summed E-state index contributed by atoms with van der Waals surface area (Å²) in [5.41, 5.74) is 4.05. The summed E-state index contributed by atoms with van der Waals surface area (Å²) in [4.78, 5) is 2.15. The van der Waals surface area contributed by atoms with E-state index in [2.05, 4.69) is 59.3 Å². The summed E-state index contributed by atoms with van der Waals surface area (Å²) in [5, 5.41) is 4.42. The predicted octanol–water partition coefficient (Wildman–Crippen LogP) is 1.76. The predicted molar refractivity (Wildman–Crippen MR) is 78.0 cm³/mol. The molecule has 0 saturated heterocycles. The normalized spacial score (nSPS) is 15.1. The van der Waals surface area contributed by atoms with Crippen LogP contribution in [0.3, 0.4) is 0 Å². The van der Waals surface area contributed by atoms with E-state index in [0.717, 1.165) is 29.7 Å². The number of rotatable bonds is 7. The van der Waals surface area contributed by atoms with Gasteiger partial charge < -0.3 is 4.90 Å². The summed E-state index contributed by atoms with van der Waals surface area (Å²) in [7, 11) is 4.12. The fraction of sp³-hybridized carbons (Fsp3) is 0.750. The molecule has 0 saturated carbocycles. The summed E-state index contributed by atoms with van der Waals surface area (Å²) in [6.07, 6.45) is 2.91. The molecule has 1 heterocycles. The number of hydrogen-bond acceptors (Lipinski definition) is 4. The molecule has 0 aliphatic heterocycles. The second kappa shape index (κ2) is 7.23. The minimum Gasteiger partial charge on any atom is -0.308 e. The molecule has 0 spiro atoms. The van der Waals surface area contributed by atoms with Crippen LogP contribution in [-0.2, 0) is 6.54 Å². The Balaban J connectivity index is 2.94. The molecule has 0 aliphatic rings. The fourth-order valence-electron chi connectivity index (χ4n) is 1.90. The van der Waals surface area contributed by atoms with Crippen molar-refractivity contribution in [1.29, 1.82) is 0 Å². The molecule has 104 valence electrons. The first-order chi connectivity index (χ1) is 8.51. The van der Waals surface area contributed by atoms with E-state index in [4.69, 9.17) is 5.84 Å². The molecule has 18 heavy (non-hydrogen) atoms. The lowest BCUT2D eigenvalue weighted by Gasteiger charge is -2.24. The molecule has 0 aliphatic carbocycles. The molecular formula is C12H24BrN5. The Hall–Kier alpha value is -0.430. The van der Waals surface area contributed by atoms with Gasteiger partial charge in [0.25, 0.3) is 0 Å². The van der Waals surface area contributed by atoms with Crippen molar-refractivity contribution in [3.63, 3.8) is 0 Å². The zero-order valence-electron chi connectivity index (χ0n) is 11.7. The van der Waals surface area contributed by atoms with E-state index in [1.165, 1.54) is 0 Å². The van der Waals surface area contributed by atoms with Crippen molar-refractivity contribution in [2.24, 2.45) is 11.8 Å². The number of halogens is 1. The zero-order valence-corrected chi connectivity index (χ0v) is 13.2. The molecule has 2 unspecified atom stereocenters. The Morgan fingerprint density at radius 3 is 2.72 bits per heavy atom. The van der Waals surface area contributed by atoms with E-state index in [1.54, 1.807) is 0 Å². The van der Waals surface area contributed by atoms with E-state index in [0.29, 0.717) is 5.92 Å². The molecule has 0 bridgehead atoms. The van der Waals surface area contributed by atoms with Crippen molar-refractivity contribution in [2.75, 3.05) is 20.6 Å². The molecule has 1 aromatic rings. The molecule has 0 amide bonds. The topological polar surface area (TPSA) is 59.1 Å². The molecule has 6 heteroatoms. The molecule has 0 radical (unpaired) electrons. The average Bonchev–Trinajstić information content (AvgIpc) is 2.69. The van der Waals surface area contributed by atoms with Gasteiger partial charge in [0, 0.05) is 6.54 Å². The van der Waals surface area contributed by atoms with Gasteiger partial charge in [0.2, 0.25) is 0 Å². The molecule has 1 aromatic heterocycles. The lowest BCUT2D eigenvalue weighted by Crippen LogP contribution is -2.35. The number of likely N-dealkylation sites (N-methyl/N-ethyl adjacent to an activating group) is 1. The van der Waals surface area contributed by atoms with Crippen LogP contribution in [0.2, 0.25) is 0 Å². The Bertz CT molecular complexity index is 363. The third-order valence-corrected chi connectivity index (χ3v) is 3.89. The number of hydrogen-bond donors (Lipinski definition) is 2. The van der Waals surface area contributed by atoms with Crippen LogP contribution in [-0.4, -0.2) is 35.3 Å². The van der Waals surface area contributed by atoms with Crippen LogP contribution >= 0.6 is 15.9 Å². The molecule has 0 fully saturated rings. The summed E-state index contributed by atoms with van der Waals surface area (Å²) in [5.74, 6) is 6.17. The lowest BCUT2D eigenvalue weighted by molar-refractivity contribution is 0.332. The number of nitrogens with two attached hydrogens (primary N) is 1. The van der Waals surface area contributed by atoms with E-state index in [1.807, 2.05) is 10.9 Å². The number of hydrazine groups is 1. The van der Waals surface area contributed by atoms with Crippen LogP contribution in [0.15, 0.2) is 10.7 Å². The van der Waals surface area contributed by atoms with E-state index >= 15 is 0 Å². The first-order valence-corrected chi connectivity index (χ1v) is 7.12. The van der Waals surface area contributed by atoms with Crippen molar-refractivity contribution >= 4 is 15.9 Å². The van der Waals surface area contributed by atoms with Crippen molar-refractivity contribution in [1.82, 2.24) is 20.1 Å². The van der Waals surface area contributed by atoms with Crippen molar-refractivity contribution < 1.29 is 0 Å². The molecule has 3 N–H and O–H groups in total. The number of nitrogens with one attached hydrogen (secondary N) is 1. The molecule has 2 atom stereocenters. The van der Waals surface area contributed by atoms with Crippen LogP contribution in [0.5, 0.6) is 0 Å². The van der Waals surface area contributed by atoms with Crippen LogP contribution in [0.4, 0.5) is 0 Å². The SMILES string of the molecule is CCC(C)C(NN)c1c(Br)cnn1CCN(C)C. The highest BCUT2D eigenvalue weighted by Crippen LogP contribution is 2.29. The Kier molecular flexibility index (Phi) is 6.28. The van der Waals surface area contributed by atoms with Gasteiger partial charge in [-0.1, -0.05) is 20.3 Å². The van der Waals surface area contributed by atoms with E-state index in [9.17, 15) is 0 Å². The minimum atomic E-state index is 0.119. The highest BCUT2D eigenvalue weighted by atomic mass is 79.9. The lowest BCUT2D eigenvalue weighted by atomic mass is 9.97. The van der Waals surface area contributed by atoms with Gasteiger partial charge in [-0.05, 0) is 35.9 Å². The third kappa shape index (κ3) is 3.78. The quantitative estimate of drug-likeness (QED) is 0.594. The van der Waals surface area contributed by atoms with Crippen LogP contribution in [0, 0.1) is 5.92 Å². The van der Waals surface area contributed by atoms with Crippen molar-refractivity contribution in [2.45, 2.75) is 32.9 Å². The Morgan fingerprint density at radius 1 is 1.56 bits per heavy atom. The maximum absolute atomic E-state index is 5.71. The van der Waals surface area contributed by atoms with Crippen molar-refractivity contribution in [3.8, 4) is 0 Å². The first kappa shape index (κ1) is 15.6. The first-order valence-electron chi connectivity index (χ1n) is 6.33. The maximum Gasteiger partial charge on any atom is 0.0712 e. The summed E-state index contributed by atoms with van der Waals surface area (Å²) in [6.45, 7) is 6.19. The maximum atomic E-state index is 5.71. The average molecular weight is 318 g/mol. The monoisotopic (exact) mass is 317 g/mol. The van der Waals surface area contributed by atoms with E-state index < -0.39 is 0 Å². The van der Waals surface area contributed by atoms with Crippen LogP contribution in [0.1, 0.15) is 32.0 Å². The summed E-state index contributed by atoms with van der Waals surface area (Å²) >= 11 is 3.57. The zero-order chi connectivity index (χ0) is 13.7. The van der Waals surface area contributed by atoms with Gasteiger partial charge in [0.1, 0.15) is 0 Å². The summed E-state index contributed by atoms with van der Waals surface area (Å²) < 4.78 is 3.05. The second-order valence-corrected chi connectivity index (χ2v) is 5.79. The van der Waals surface area contributed by atoms with Gasteiger partial charge in [0.15, 0.2) is 0 Å². The third-order valence-electron chi connectivity index (χ3n) is 3.28. The van der Waals surface area contributed by atoms with E-state index in [-0.39, 0.29) is 6.04 Å². The van der Waals surface area contributed by atoms with Gasteiger partial charge in [-0.25, -0.2) is 0 Å². The van der Waals surface area contributed by atoms with Gasteiger partial charge in [-0.15, -0.1) is 0 Å². The molecular weight excluding hydrogens is 294 g/mol. The number of nitrogens with zero attached hydrogens (tertiary/aromatic N) is 3. The number of aromatic nitrogens is 2. The highest BCUT2D eigenvalue weighted by molar-refractivity contribution is 9.10. The molecule has 0 aromatic carbocycles. The molecule has 1 rings (SSSR count). The Morgan fingerprint density at radius 2 is 2.22 bits per heavy atom. The van der Waals surface area contributed by atoms with Gasteiger partial charge >= 0.3 is 0 Å². The summed E-state index contributed by atoms with van der Waals surface area (Å²) in [6, 6.07) is 0.119. The van der Waals surface area contributed by atoms with Gasteiger partial charge in [-0.3, -0.25) is 16.0 Å². The smallest absolute Gasteiger partial charge is 0.0712 e. The second-order valence-electron chi connectivity index (χ2n) is 4.93. The Labute approximate surface area is 118 Å². The van der Waals surface area contributed by atoms with Crippen molar-refractivity contribution in [3.05, 3.63) is 16.4 Å². The largest absolute Gasteiger partial charge is 0.308 e. The van der Waals surface area contributed by atoms with Crippen LogP contribution < -0.4 is 11.3 Å². The standard InChI is InChI=1S/C12H24BrN5/c1-5-9(2)11(16-14)12-10(13)8-15-18(12)7-6-17(3)4/h8-9,11,16H,5-7,14H2,1-4H3. The van der Waals surface area contributed by atoms with Gasteiger partial charge in [0.05, 0.1) is 29.0 Å². The minimum absolute atomic E-state index is 0.119. The van der Waals surface area contributed by atoms with Crippen LogP contribution in [0.25, 0.3) is 0 Å². The van der Waals surface area contributed by atoms with Gasteiger partial charge in [-0.2, -0.15) is 5.10 Å². The fourth-order valence-corrected chi connectivity index (χ4v) is 2.45.